The van der Waals surface area contributed by atoms with Crippen LogP contribution in [0.3, 0.4) is 0 Å². The van der Waals surface area contributed by atoms with Crippen LogP contribution in [0, 0.1) is 5.82 Å². The van der Waals surface area contributed by atoms with Gasteiger partial charge in [0.15, 0.2) is 0 Å². The molecule has 0 saturated heterocycles. The van der Waals surface area contributed by atoms with Crippen LogP contribution < -0.4 is 4.74 Å². The van der Waals surface area contributed by atoms with Gasteiger partial charge in [-0.05, 0) is 52.3 Å². The summed E-state index contributed by atoms with van der Waals surface area (Å²) in [6, 6.07) is 18.8. The van der Waals surface area contributed by atoms with Gasteiger partial charge in [-0.1, -0.05) is 42.5 Å². The Labute approximate surface area is 128 Å². The Balaban J connectivity index is 1.93. The van der Waals surface area contributed by atoms with Crippen LogP contribution >= 0.6 is 0 Å². The molecule has 0 saturated carbocycles. The van der Waals surface area contributed by atoms with Crippen molar-refractivity contribution in [1.82, 2.24) is 0 Å². The van der Waals surface area contributed by atoms with E-state index >= 15 is 0 Å². The van der Waals surface area contributed by atoms with E-state index in [4.69, 9.17) is 4.74 Å². The lowest BCUT2D eigenvalue weighted by molar-refractivity contribution is 0.477. The number of allylic oxidation sites excluding steroid dienone is 2. The second-order valence-electron chi connectivity index (χ2n) is 5.23. The van der Waals surface area contributed by atoms with Gasteiger partial charge in [-0.25, -0.2) is 4.39 Å². The monoisotopic (exact) mass is 288 g/mol. The standard InChI is InChI=1S/C20H13FO/c21-17-8-5-14(6-9-17)13-16-11-12-22-19-10-7-15-3-1-2-4-18(15)20(16)19/h1-13H. The summed E-state index contributed by atoms with van der Waals surface area (Å²) in [6.45, 7) is 0. The summed E-state index contributed by atoms with van der Waals surface area (Å²) in [4.78, 5) is 0. The average Bonchev–Trinajstić information content (AvgIpc) is 2.57. The Morgan fingerprint density at radius 1 is 0.864 bits per heavy atom. The number of hydrogen-bond acceptors (Lipinski definition) is 1. The minimum Gasteiger partial charge on any atom is -0.464 e. The highest BCUT2D eigenvalue weighted by Gasteiger charge is 2.14. The number of fused-ring (bicyclic) bond motifs is 3. The van der Waals surface area contributed by atoms with E-state index in [2.05, 4.69) is 18.2 Å². The van der Waals surface area contributed by atoms with Gasteiger partial charge >= 0.3 is 0 Å². The Kier molecular flexibility index (Phi) is 3.01. The van der Waals surface area contributed by atoms with Crippen molar-refractivity contribution in [2.24, 2.45) is 0 Å². The van der Waals surface area contributed by atoms with Crippen molar-refractivity contribution in [3.63, 3.8) is 0 Å². The second-order valence-corrected chi connectivity index (χ2v) is 5.23. The van der Waals surface area contributed by atoms with E-state index in [1.165, 1.54) is 17.5 Å². The van der Waals surface area contributed by atoms with Gasteiger partial charge in [0.1, 0.15) is 11.6 Å². The molecule has 4 rings (SSSR count). The first kappa shape index (κ1) is 12.8. The first-order chi connectivity index (χ1) is 10.8. The van der Waals surface area contributed by atoms with Crippen molar-refractivity contribution in [2.45, 2.75) is 0 Å². The van der Waals surface area contributed by atoms with Gasteiger partial charge in [-0.3, -0.25) is 0 Å². The van der Waals surface area contributed by atoms with Crippen LogP contribution in [0.1, 0.15) is 11.1 Å². The van der Waals surface area contributed by atoms with Crippen molar-refractivity contribution < 1.29 is 9.13 Å². The third-order valence-corrected chi connectivity index (χ3v) is 3.81. The van der Waals surface area contributed by atoms with Crippen LogP contribution in [-0.2, 0) is 0 Å². The van der Waals surface area contributed by atoms with Gasteiger partial charge in [0.2, 0.25) is 0 Å². The number of halogens is 1. The fourth-order valence-electron chi connectivity index (χ4n) is 2.77. The van der Waals surface area contributed by atoms with E-state index in [-0.39, 0.29) is 5.82 Å². The molecule has 0 N–H and O–H groups in total. The molecule has 0 aliphatic carbocycles. The molecule has 22 heavy (non-hydrogen) atoms. The largest absolute Gasteiger partial charge is 0.464 e. The Morgan fingerprint density at radius 2 is 1.68 bits per heavy atom. The summed E-state index contributed by atoms with van der Waals surface area (Å²) in [5, 5.41) is 2.32. The molecule has 3 aromatic carbocycles. The third kappa shape index (κ3) is 2.19. The molecular weight excluding hydrogens is 275 g/mol. The van der Waals surface area contributed by atoms with Gasteiger partial charge in [0, 0.05) is 5.56 Å². The molecule has 0 radical (unpaired) electrons. The molecule has 0 bridgehead atoms. The minimum absolute atomic E-state index is 0.226. The maximum atomic E-state index is 13.1. The lowest BCUT2D eigenvalue weighted by Crippen LogP contribution is -1.97. The highest BCUT2D eigenvalue weighted by Crippen LogP contribution is 2.38. The maximum absolute atomic E-state index is 13.1. The Hall–Kier alpha value is -2.87. The molecule has 0 unspecified atom stereocenters. The number of hydrogen-bond donors (Lipinski definition) is 0. The molecule has 1 aliphatic heterocycles. The van der Waals surface area contributed by atoms with E-state index in [0.29, 0.717) is 0 Å². The van der Waals surface area contributed by atoms with Crippen LogP contribution in [0.2, 0.25) is 0 Å². The number of ether oxygens (including phenoxy) is 1. The van der Waals surface area contributed by atoms with Crippen LogP contribution in [-0.4, -0.2) is 0 Å². The zero-order chi connectivity index (χ0) is 14.9. The van der Waals surface area contributed by atoms with Crippen molar-refractivity contribution in [3.8, 4) is 5.75 Å². The third-order valence-electron chi connectivity index (χ3n) is 3.81. The first-order valence-electron chi connectivity index (χ1n) is 7.14. The quantitative estimate of drug-likeness (QED) is 0.580. The lowest BCUT2D eigenvalue weighted by atomic mass is 9.94. The van der Waals surface area contributed by atoms with E-state index < -0.39 is 0 Å². The highest BCUT2D eigenvalue weighted by atomic mass is 19.1. The lowest BCUT2D eigenvalue weighted by Gasteiger charge is -2.17. The van der Waals surface area contributed by atoms with E-state index in [1.807, 2.05) is 30.4 Å². The fraction of sp³-hybridized carbons (Fsp3) is 0. The highest BCUT2D eigenvalue weighted by molar-refractivity contribution is 6.03. The smallest absolute Gasteiger partial charge is 0.134 e. The summed E-state index contributed by atoms with van der Waals surface area (Å²) in [7, 11) is 0. The summed E-state index contributed by atoms with van der Waals surface area (Å²) in [5.41, 5.74) is 3.09. The van der Waals surface area contributed by atoms with Crippen molar-refractivity contribution in [3.05, 3.63) is 89.9 Å². The van der Waals surface area contributed by atoms with Gasteiger partial charge < -0.3 is 4.74 Å². The molecule has 0 amide bonds. The van der Waals surface area contributed by atoms with Crippen molar-refractivity contribution in [2.75, 3.05) is 0 Å². The molecule has 1 aliphatic rings. The SMILES string of the molecule is Fc1ccc(C=C2C=COc3ccc4ccccc4c32)cc1. The van der Waals surface area contributed by atoms with Gasteiger partial charge in [0.25, 0.3) is 0 Å². The zero-order valence-electron chi connectivity index (χ0n) is 11.8. The predicted octanol–water partition coefficient (Wildman–Crippen LogP) is 5.43. The predicted molar refractivity (Wildman–Crippen MR) is 88.0 cm³/mol. The molecular formula is C20H13FO. The second kappa shape index (κ2) is 5.15. The molecule has 0 atom stereocenters. The van der Waals surface area contributed by atoms with E-state index in [1.54, 1.807) is 18.4 Å². The molecule has 3 aromatic rings. The molecule has 2 heteroatoms. The summed E-state index contributed by atoms with van der Waals surface area (Å²) in [6.07, 6.45) is 5.67. The van der Waals surface area contributed by atoms with Crippen LogP contribution in [0.4, 0.5) is 4.39 Å². The maximum Gasteiger partial charge on any atom is 0.134 e. The Morgan fingerprint density at radius 3 is 2.55 bits per heavy atom. The summed E-state index contributed by atoms with van der Waals surface area (Å²) >= 11 is 0. The molecule has 1 nitrogen and oxygen atoms in total. The average molecular weight is 288 g/mol. The molecule has 0 spiro atoms. The van der Waals surface area contributed by atoms with Gasteiger partial charge in [0.05, 0.1) is 6.26 Å². The number of benzene rings is 3. The van der Waals surface area contributed by atoms with Crippen LogP contribution in [0.25, 0.3) is 22.4 Å². The summed E-state index contributed by atoms with van der Waals surface area (Å²) in [5.74, 6) is 0.616. The van der Waals surface area contributed by atoms with E-state index in [0.717, 1.165) is 27.8 Å². The molecule has 0 fully saturated rings. The molecule has 106 valence electrons. The van der Waals surface area contributed by atoms with Crippen molar-refractivity contribution in [1.29, 1.82) is 0 Å². The number of rotatable bonds is 1. The van der Waals surface area contributed by atoms with Crippen LogP contribution in [0.5, 0.6) is 5.75 Å². The zero-order valence-corrected chi connectivity index (χ0v) is 11.8. The molecule has 0 aromatic heterocycles. The van der Waals surface area contributed by atoms with Crippen molar-refractivity contribution >= 4 is 22.4 Å². The van der Waals surface area contributed by atoms with Gasteiger partial charge in [-0.15, -0.1) is 0 Å². The normalized spacial score (nSPS) is 14.9. The summed E-state index contributed by atoms with van der Waals surface area (Å²) < 4.78 is 18.7. The van der Waals surface area contributed by atoms with E-state index in [9.17, 15) is 4.39 Å². The minimum atomic E-state index is -0.226. The Bertz CT molecular complexity index is 905. The molecule has 1 heterocycles. The van der Waals surface area contributed by atoms with Gasteiger partial charge in [-0.2, -0.15) is 0 Å². The first-order valence-corrected chi connectivity index (χ1v) is 7.14. The van der Waals surface area contributed by atoms with Crippen LogP contribution in [0.15, 0.2) is 73.0 Å². The topological polar surface area (TPSA) is 9.23 Å². The fourth-order valence-corrected chi connectivity index (χ4v) is 2.77.